The molecule has 0 unspecified atom stereocenters. The number of hydrogen-bond acceptors (Lipinski definition) is 5. The van der Waals surface area contributed by atoms with Crippen LogP contribution >= 0.6 is 0 Å². The van der Waals surface area contributed by atoms with Crippen LogP contribution in [-0.2, 0) is 0 Å². The minimum atomic E-state index is 0.0834. The zero-order chi connectivity index (χ0) is 19.3. The lowest BCUT2D eigenvalue weighted by atomic mass is 10.1. The average Bonchev–Trinajstić information content (AvgIpc) is 2.75. The van der Waals surface area contributed by atoms with Gasteiger partial charge in [0.25, 0.3) is 5.91 Å². The molecule has 1 amide bonds. The summed E-state index contributed by atoms with van der Waals surface area (Å²) in [5.41, 5.74) is 2.55. The largest absolute Gasteiger partial charge is 0.340 e. The first kappa shape index (κ1) is 18.1. The first-order chi connectivity index (χ1) is 13.7. The topological polar surface area (TPSA) is 61.4 Å². The second-order valence-corrected chi connectivity index (χ2v) is 6.93. The van der Waals surface area contributed by atoms with E-state index in [9.17, 15) is 4.79 Å². The van der Waals surface area contributed by atoms with Crippen LogP contribution < -0.4 is 5.32 Å². The van der Waals surface area contributed by atoms with Crippen LogP contribution in [0.25, 0.3) is 11.4 Å². The molecule has 0 spiro atoms. The van der Waals surface area contributed by atoms with Gasteiger partial charge in [0, 0.05) is 49.2 Å². The molecule has 28 heavy (non-hydrogen) atoms. The predicted molar refractivity (Wildman–Crippen MR) is 111 cm³/mol. The van der Waals surface area contributed by atoms with Crippen molar-refractivity contribution in [1.82, 2.24) is 19.8 Å². The van der Waals surface area contributed by atoms with Crippen molar-refractivity contribution in [3.05, 3.63) is 72.4 Å². The fraction of sp³-hybridized carbons (Fsp3) is 0.227. The third kappa shape index (κ3) is 4.18. The summed E-state index contributed by atoms with van der Waals surface area (Å²) in [5, 5.41) is 3.27. The number of likely N-dealkylation sites (N-methyl/N-ethyl adjacent to an activating group) is 1. The van der Waals surface area contributed by atoms with E-state index >= 15 is 0 Å². The number of hydrogen-bond donors (Lipinski definition) is 1. The van der Waals surface area contributed by atoms with Gasteiger partial charge in [-0.2, -0.15) is 0 Å². The Morgan fingerprint density at radius 2 is 1.64 bits per heavy atom. The molecule has 0 radical (unpaired) electrons. The summed E-state index contributed by atoms with van der Waals surface area (Å²) in [4.78, 5) is 25.8. The molecule has 4 rings (SSSR count). The lowest BCUT2D eigenvalue weighted by Crippen LogP contribution is -2.47. The molecule has 142 valence electrons. The molecule has 1 aliphatic rings. The fourth-order valence-electron chi connectivity index (χ4n) is 3.19. The van der Waals surface area contributed by atoms with Crippen LogP contribution in [0, 0.1) is 0 Å². The highest BCUT2D eigenvalue weighted by Crippen LogP contribution is 2.20. The molecule has 0 saturated carbocycles. The molecule has 1 aliphatic heterocycles. The van der Waals surface area contributed by atoms with Crippen molar-refractivity contribution in [3.63, 3.8) is 0 Å². The van der Waals surface area contributed by atoms with Gasteiger partial charge < -0.3 is 15.1 Å². The molecule has 0 atom stereocenters. The van der Waals surface area contributed by atoms with Gasteiger partial charge in [-0.15, -0.1) is 0 Å². The van der Waals surface area contributed by atoms with Crippen molar-refractivity contribution < 1.29 is 4.79 Å². The summed E-state index contributed by atoms with van der Waals surface area (Å²) in [7, 11) is 2.08. The van der Waals surface area contributed by atoms with Gasteiger partial charge >= 0.3 is 0 Å². The van der Waals surface area contributed by atoms with Gasteiger partial charge in [-0.1, -0.05) is 30.3 Å². The normalized spacial score (nSPS) is 14.7. The number of amides is 1. The van der Waals surface area contributed by atoms with Crippen LogP contribution in [0.15, 0.2) is 66.9 Å². The van der Waals surface area contributed by atoms with E-state index in [2.05, 4.69) is 27.2 Å². The number of rotatable bonds is 4. The van der Waals surface area contributed by atoms with E-state index in [1.165, 1.54) is 0 Å². The van der Waals surface area contributed by atoms with E-state index in [1.807, 2.05) is 65.6 Å². The third-order valence-electron chi connectivity index (χ3n) is 4.88. The Morgan fingerprint density at radius 1 is 0.929 bits per heavy atom. The maximum atomic E-state index is 12.7. The second kappa shape index (κ2) is 8.19. The number of nitrogens with zero attached hydrogens (tertiary/aromatic N) is 4. The van der Waals surface area contributed by atoms with Crippen molar-refractivity contribution in [1.29, 1.82) is 0 Å². The van der Waals surface area contributed by atoms with Crippen molar-refractivity contribution in [2.45, 2.75) is 0 Å². The summed E-state index contributed by atoms with van der Waals surface area (Å²) in [6, 6.07) is 19.3. The molecular formula is C22H23N5O. The molecule has 6 heteroatoms. The summed E-state index contributed by atoms with van der Waals surface area (Å²) >= 11 is 0. The first-order valence-corrected chi connectivity index (χ1v) is 9.42. The standard InChI is InChI=1S/C22H23N5O/c1-26-13-15-27(16-14-26)22(28)18-9-7-17(8-10-18)21-23-12-11-20(25-21)24-19-5-3-2-4-6-19/h2-12H,13-16H2,1H3,(H,23,24,25). The van der Waals surface area contributed by atoms with Crippen molar-refractivity contribution >= 4 is 17.4 Å². The molecule has 0 aliphatic carbocycles. The van der Waals surface area contributed by atoms with E-state index in [1.54, 1.807) is 6.20 Å². The molecule has 0 bridgehead atoms. The lowest BCUT2D eigenvalue weighted by Gasteiger charge is -2.32. The quantitative estimate of drug-likeness (QED) is 0.761. The zero-order valence-corrected chi connectivity index (χ0v) is 15.9. The number of carbonyl (C=O) groups excluding carboxylic acids is 1. The number of carbonyl (C=O) groups is 1. The van der Waals surface area contributed by atoms with Crippen LogP contribution in [0.2, 0.25) is 0 Å². The van der Waals surface area contributed by atoms with Gasteiger partial charge in [-0.3, -0.25) is 4.79 Å². The SMILES string of the molecule is CN1CCN(C(=O)c2ccc(-c3nccc(Nc4ccccc4)n3)cc2)CC1. The van der Waals surface area contributed by atoms with Crippen LogP contribution in [0.4, 0.5) is 11.5 Å². The summed E-state index contributed by atoms with van der Waals surface area (Å²) in [6.45, 7) is 3.37. The molecule has 1 saturated heterocycles. The van der Waals surface area contributed by atoms with Crippen molar-refractivity contribution in [3.8, 4) is 11.4 Å². The summed E-state index contributed by atoms with van der Waals surface area (Å²) < 4.78 is 0. The predicted octanol–water partition coefficient (Wildman–Crippen LogP) is 3.27. The van der Waals surface area contributed by atoms with Gasteiger partial charge in [-0.25, -0.2) is 9.97 Å². The second-order valence-electron chi connectivity index (χ2n) is 6.93. The first-order valence-electron chi connectivity index (χ1n) is 9.42. The molecule has 2 heterocycles. The Morgan fingerprint density at radius 3 is 2.36 bits per heavy atom. The average molecular weight is 373 g/mol. The molecular weight excluding hydrogens is 350 g/mol. The summed E-state index contributed by atoms with van der Waals surface area (Å²) in [6.07, 6.45) is 1.73. The maximum Gasteiger partial charge on any atom is 0.253 e. The summed E-state index contributed by atoms with van der Waals surface area (Å²) in [5.74, 6) is 1.44. The van der Waals surface area contributed by atoms with Crippen molar-refractivity contribution in [2.75, 3.05) is 38.5 Å². The number of nitrogens with one attached hydrogen (secondary N) is 1. The number of piperazine rings is 1. The van der Waals surface area contributed by atoms with Gasteiger partial charge in [0.1, 0.15) is 5.82 Å². The molecule has 3 aromatic rings. The van der Waals surface area contributed by atoms with Crippen molar-refractivity contribution in [2.24, 2.45) is 0 Å². The molecule has 1 N–H and O–H groups in total. The monoisotopic (exact) mass is 373 g/mol. The van der Waals surface area contributed by atoms with E-state index in [-0.39, 0.29) is 5.91 Å². The third-order valence-corrected chi connectivity index (χ3v) is 4.88. The number of para-hydroxylation sites is 1. The van der Waals surface area contributed by atoms with Crippen LogP contribution in [0.1, 0.15) is 10.4 Å². The number of benzene rings is 2. The van der Waals surface area contributed by atoms with Crippen LogP contribution in [0.5, 0.6) is 0 Å². The van der Waals surface area contributed by atoms with Gasteiger partial charge in [0.05, 0.1) is 0 Å². The van der Waals surface area contributed by atoms with Crippen LogP contribution in [0.3, 0.4) is 0 Å². The highest BCUT2D eigenvalue weighted by molar-refractivity contribution is 5.94. The number of anilines is 2. The van der Waals surface area contributed by atoms with Gasteiger partial charge in [-0.05, 0) is 37.4 Å². The Hall–Kier alpha value is -3.25. The fourth-order valence-corrected chi connectivity index (χ4v) is 3.19. The molecule has 1 fully saturated rings. The molecule has 2 aromatic carbocycles. The van der Waals surface area contributed by atoms with E-state index in [0.717, 1.165) is 43.2 Å². The number of aromatic nitrogens is 2. The lowest BCUT2D eigenvalue weighted by molar-refractivity contribution is 0.0664. The minimum Gasteiger partial charge on any atom is -0.340 e. The Kier molecular flexibility index (Phi) is 5.30. The maximum absolute atomic E-state index is 12.7. The highest BCUT2D eigenvalue weighted by Gasteiger charge is 2.20. The van der Waals surface area contributed by atoms with E-state index < -0.39 is 0 Å². The van der Waals surface area contributed by atoms with Gasteiger partial charge in [0.15, 0.2) is 5.82 Å². The van der Waals surface area contributed by atoms with E-state index in [4.69, 9.17) is 0 Å². The smallest absolute Gasteiger partial charge is 0.253 e. The molecule has 1 aromatic heterocycles. The Balaban J connectivity index is 1.48. The van der Waals surface area contributed by atoms with Crippen LogP contribution in [-0.4, -0.2) is 58.9 Å². The zero-order valence-electron chi connectivity index (χ0n) is 15.9. The minimum absolute atomic E-state index is 0.0834. The van der Waals surface area contributed by atoms with Gasteiger partial charge in [0.2, 0.25) is 0 Å². The Bertz CT molecular complexity index is 935. The Labute approximate surface area is 164 Å². The highest BCUT2D eigenvalue weighted by atomic mass is 16.2. The van der Waals surface area contributed by atoms with E-state index in [0.29, 0.717) is 11.4 Å². The molecule has 6 nitrogen and oxygen atoms in total.